The summed E-state index contributed by atoms with van der Waals surface area (Å²) in [5.41, 5.74) is 15.8. The summed E-state index contributed by atoms with van der Waals surface area (Å²) in [5, 5.41) is 0. The highest BCUT2D eigenvalue weighted by atomic mass is 19.1. The SMILES string of the molecule is CC[C@@H](c1ccc(F)cc1)C(C)C.CC[C@@H](c1ccccn1)C(C)C.CC[C@H](c1ccccn1)C(C)C.Cc1ccccc1[C@@H]1CN(C)C[C@H]1C(C)C.Cc1ccccc1[C@@H]1CN(C)C[C@H]1C(C)C.Cc1ccccc1[C@H]1CN(C)C[C@@H]1C(C)C.Cc1ccccc1[C@H]1CN(C)C[C@@H]1C(C)C. The number of aromatic nitrogens is 2. The molecule has 6 nitrogen and oxygen atoms in total. The second kappa shape index (κ2) is 43.4. The van der Waals surface area contributed by atoms with Crippen LogP contribution in [0.1, 0.15) is 240 Å². The molecule has 7 aromatic rings. The minimum atomic E-state index is -0.151. The molecule has 5 aromatic carbocycles. The Morgan fingerprint density at radius 2 is 0.554 bits per heavy atom. The first-order valence-corrected chi connectivity index (χ1v) is 39.6. The van der Waals surface area contributed by atoms with E-state index < -0.39 is 0 Å². The van der Waals surface area contributed by atoms with Crippen LogP contribution in [0.15, 0.2) is 170 Å². The second-order valence-electron chi connectivity index (χ2n) is 33.2. The maximum Gasteiger partial charge on any atom is 0.123 e. The maximum absolute atomic E-state index is 12.7. The summed E-state index contributed by atoms with van der Waals surface area (Å²) in [6, 6.07) is 54.7. The Bertz CT molecular complexity index is 3020. The summed E-state index contributed by atoms with van der Waals surface area (Å²) in [4.78, 5) is 18.6. The van der Waals surface area contributed by atoms with Gasteiger partial charge in [0.15, 0.2) is 0 Å². The number of hydrogen-bond acceptors (Lipinski definition) is 6. The minimum Gasteiger partial charge on any atom is -0.305 e. The fourth-order valence-corrected chi connectivity index (χ4v) is 17.2. The van der Waals surface area contributed by atoms with Gasteiger partial charge < -0.3 is 19.6 Å². The number of benzene rings is 5. The first-order chi connectivity index (χ1) is 48.0. The Morgan fingerprint density at radius 3 is 0.752 bits per heavy atom. The quantitative estimate of drug-likeness (QED) is 0.0905. The summed E-state index contributed by atoms with van der Waals surface area (Å²) >= 11 is 0. The number of likely N-dealkylation sites (tertiary alicyclic amines) is 4. The van der Waals surface area contributed by atoms with E-state index in [-0.39, 0.29) is 5.82 Å². The average molecular weight is 1380 g/mol. The van der Waals surface area contributed by atoms with Gasteiger partial charge in [-0.2, -0.15) is 0 Å². The molecule has 0 N–H and O–H groups in total. The maximum atomic E-state index is 12.7. The third-order valence-electron chi connectivity index (χ3n) is 23.1. The van der Waals surface area contributed by atoms with Crippen LogP contribution in [0.3, 0.4) is 0 Å². The number of halogens is 1. The van der Waals surface area contributed by atoms with Crippen LogP contribution in [-0.4, -0.2) is 110 Å². The van der Waals surface area contributed by atoms with E-state index in [4.69, 9.17) is 0 Å². The molecule has 4 fully saturated rings. The van der Waals surface area contributed by atoms with E-state index >= 15 is 0 Å². The molecule has 4 aliphatic rings. The van der Waals surface area contributed by atoms with Crippen LogP contribution in [-0.2, 0) is 0 Å². The monoisotopic (exact) mass is 1380 g/mol. The molecule has 556 valence electrons. The molecular formula is C94H143FN6. The van der Waals surface area contributed by atoms with Crippen molar-refractivity contribution in [3.8, 4) is 0 Å². The van der Waals surface area contributed by atoms with Gasteiger partial charge in [-0.25, -0.2) is 4.39 Å². The normalized spacial score (nSPS) is 21.7. The Labute approximate surface area is 619 Å². The fraction of sp³-hybridized carbons (Fsp3) is 0.574. The zero-order valence-corrected chi connectivity index (χ0v) is 68.4. The average Bonchev–Trinajstić information content (AvgIpc) is 1.70. The van der Waals surface area contributed by atoms with Gasteiger partial charge in [0, 0.05) is 112 Å². The van der Waals surface area contributed by atoms with Crippen molar-refractivity contribution in [1.82, 2.24) is 29.6 Å². The first kappa shape index (κ1) is 85.8. The van der Waals surface area contributed by atoms with Gasteiger partial charge in [-0.3, -0.25) is 9.97 Å². The number of nitrogens with zero attached hydrogens (tertiary/aromatic N) is 6. The van der Waals surface area contributed by atoms with E-state index in [0.717, 1.165) is 77.4 Å². The number of pyridine rings is 2. The smallest absolute Gasteiger partial charge is 0.123 e. The summed E-state index contributed by atoms with van der Waals surface area (Å²) < 4.78 is 12.7. The molecule has 0 bridgehead atoms. The van der Waals surface area contributed by atoms with Crippen molar-refractivity contribution in [3.63, 3.8) is 0 Å². The standard InChI is InChI=1S/4C15H23N.C12H17F.2C11H17N/c4*1-11(2)14-9-16(4)10-15(14)13-8-6-5-7-12(13)3;1-4-12(9(2)3)10-5-7-11(13)8-6-10;2*1-4-10(9(2)3)11-7-5-6-8-12-11/h4*5-8,11,14-15H,9-10H2,1-4H3;5-9,12H,4H2,1-3H3;2*5-10H,4H2,1-3H3/t4*14-,15-;12-;2*10-/m1100110/s1. The molecule has 6 heterocycles. The van der Waals surface area contributed by atoms with Gasteiger partial charge in [-0.05, 0) is 233 Å². The molecule has 0 aliphatic carbocycles. The Morgan fingerprint density at radius 1 is 0.317 bits per heavy atom. The molecular weight excluding hydrogens is 1230 g/mol. The molecule has 0 saturated carbocycles. The van der Waals surface area contributed by atoms with E-state index in [9.17, 15) is 4.39 Å². The fourth-order valence-electron chi connectivity index (χ4n) is 17.2. The minimum absolute atomic E-state index is 0.151. The highest BCUT2D eigenvalue weighted by Gasteiger charge is 2.38. The van der Waals surface area contributed by atoms with Gasteiger partial charge in [-0.15, -0.1) is 0 Å². The Hall–Kier alpha value is -5.83. The summed E-state index contributed by atoms with van der Waals surface area (Å²) in [7, 11) is 8.97. The van der Waals surface area contributed by atoms with E-state index in [1.54, 1.807) is 34.4 Å². The molecule has 7 heteroatoms. The van der Waals surface area contributed by atoms with E-state index in [0.29, 0.717) is 35.5 Å². The molecule has 4 saturated heterocycles. The topological polar surface area (TPSA) is 38.7 Å². The van der Waals surface area contributed by atoms with E-state index in [1.165, 1.54) is 104 Å². The largest absolute Gasteiger partial charge is 0.305 e. The third kappa shape index (κ3) is 26.4. The lowest BCUT2D eigenvalue weighted by Crippen LogP contribution is -2.18. The van der Waals surface area contributed by atoms with E-state index in [1.807, 2.05) is 36.7 Å². The zero-order chi connectivity index (χ0) is 74.6. The molecule has 11 atom stereocenters. The van der Waals surface area contributed by atoms with Gasteiger partial charge in [0.05, 0.1) is 0 Å². The number of hydrogen-bond donors (Lipinski definition) is 0. The number of rotatable bonds is 17. The molecule has 2 aromatic heterocycles. The molecule has 4 aliphatic heterocycles. The third-order valence-corrected chi connectivity index (χ3v) is 23.1. The van der Waals surface area contributed by atoms with Crippen LogP contribution in [0.25, 0.3) is 0 Å². The van der Waals surface area contributed by atoms with Gasteiger partial charge >= 0.3 is 0 Å². The van der Waals surface area contributed by atoms with Gasteiger partial charge in [0.2, 0.25) is 0 Å². The summed E-state index contributed by atoms with van der Waals surface area (Å²) in [5.74, 6) is 12.9. The molecule has 0 radical (unpaired) electrons. The molecule has 101 heavy (non-hydrogen) atoms. The first-order valence-electron chi connectivity index (χ1n) is 39.6. The lowest BCUT2D eigenvalue weighted by atomic mass is 9.80. The van der Waals surface area contributed by atoms with Gasteiger partial charge in [-0.1, -0.05) is 239 Å². The highest BCUT2D eigenvalue weighted by Crippen LogP contribution is 2.42. The predicted molar refractivity (Wildman–Crippen MR) is 437 cm³/mol. The summed E-state index contributed by atoms with van der Waals surface area (Å²) in [6.45, 7) is 57.7. The van der Waals surface area contributed by atoms with Gasteiger partial charge in [0.1, 0.15) is 5.82 Å². The van der Waals surface area contributed by atoms with Gasteiger partial charge in [0.25, 0.3) is 0 Å². The van der Waals surface area contributed by atoms with Crippen molar-refractivity contribution in [1.29, 1.82) is 0 Å². The van der Waals surface area contributed by atoms with Crippen molar-refractivity contribution < 1.29 is 4.39 Å². The summed E-state index contributed by atoms with van der Waals surface area (Å²) in [6.07, 6.45) is 7.22. The van der Waals surface area contributed by atoms with Crippen LogP contribution >= 0.6 is 0 Å². The van der Waals surface area contributed by atoms with Crippen molar-refractivity contribution in [2.45, 2.75) is 206 Å². The van der Waals surface area contributed by atoms with Crippen LogP contribution < -0.4 is 0 Å². The molecule has 11 rings (SSSR count). The predicted octanol–water partition coefficient (Wildman–Crippen LogP) is 23.6. The zero-order valence-electron chi connectivity index (χ0n) is 68.4. The second-order valence-corrected chi connectivity index (χ2v) is 33.2. The number of aryl methyl sites for hydroxylation is 4. The number of likely N-dealkylation sites (N-methyl/N-ethyl adjacent to an activating group) is 4. The van der Waals surface area contributed by atoms with Crippen molar-refractivity contribution in [3.05, 3.63) is 237 Å². The Balaban J connectivity index is 0.000000213. The lowest BCUT2D eigenvalue weighted by Gasteiger charge is -2.23. The van der Waals surface area contributed by atoms with Crippen molar-refractivity contribution in [2.75, 3.05) is 80.5 Å². The van der Waals surface area contributed by atoms with Crippen LogP contribution in [0, 0.1) is 98.6 Å². The van der Waals surface area contributed by atoms with Crippen molar-refractivity contribution >= 4 is 0 Å². The molecule has 0 spiro atoms. The molecule has 0 unspecified atom stereocenters. The van der Waals surface area contributed by atoms with Crippen molar-refractivity contribution in [2.24, 2.45) is 65.1 Å². The van der Waals surface area contributed by atoms with E-state index in [2.05, 4.69) is 324 Å². The highest BCUT2D eigenvalue weighted by molar-refractivity contribution is 5.35. The van der Waals surface area contributed by atoms with Crippen LogP contribution in [0.2, 0.25) is 0 Å². The Kier molecular flexibility index (Phi) is 36.9. The molecule has 0 amide bonds. The van der Waals surface area contributed by atoms with Crippen LogP contribution in [0.5, 0.6) is 0 Å². The lowest BCUT2D eigenvalue weighted by molar-refractivity contribution is 0.344. The van der Waals surface area contributed by atoms with Crippen LogP contribution in [0.4, 0.5) is 4.39 Å².